The highest BCUT2D eigenvalue weighted by molar-refractivity contribution is 5.77. The molecule has 2 aromatic rings. The van der Waals surface area contributed by atoms with E-state index in [4.69, 9.17) is 0 Å². The molecule has 2 heterocycles. The zero-order valence-electron chi connectivity index (χ0n) is 12.5. The van der Waals surface area contributed by atoms with Gasteiger partial charge in [-0.3, -0.25) is 14.7 Å². The van der Waals surface area contributed by atoms with Crippen molar-refractivity contribution in [2.45, 2.75) is 13.1 Å². The molecule has 2 aromatic heterocycles. The van der Waals surface area contributed by atoms with Crippen LogP contribution >= 0.6 is 0 Å². The quantitative estimate of drug-likeness (QED) is 0.758. The molecule has 0 saturated heterocycles. The highest BCUT2D eigenvalue weighted by Crippen LogP contribution is 2.01. The molecule has 0 unspecified atom stereocenters. The second-order valence-corrected chi connectivity index (χ2v) is 5.15. The van der Waals surface area contributed by atoms with Crippen LogP contribution in [0.2, 0.25) is 0 Å². The van der Waals surface area contributed by atoms with Crippen molar-refractivity contribution in [2.75, 3.05) is 27.2 Å². The molecule has 0 aliphatic rings. The Morgan fingerprint density at radius 1 is 1.29 bits per heavy atom. The molecule has 0 aromatic carbocycles. The van der Waals surface area contributed by atoms with Crippen LogP contribution in [0.4, 0.5) is 0 Å². The number of amides is 1. The average Bonchev–Trinajstić information content (AvgIpc) is 2.98. The summed E-state index contributed by atoms with van der Waals surface area (Å²) in [6, 6.07) is 3.92. The predicted octanol–water partition coefficient (Wildman–Crippen LogP) is 0.868. The van der Waals surface area contributed by atoms with Crippen molar-refractivity contribution in [1.82, 2.24) is 24.3 Å². The third-order valence-electron chi connectivity index (χ3n) is 3.26. The van der Waals surface area contributed by atoms with Gasteiger partial charge in [-0.1, -0.05) is 6.07 Å². The molecule has 0 bridgehead atoms. The maximum atomic E-state index is 12.1. The topological polar surface area (TPSA) is 54.3 Å². The van der Waals surface area contributed by atoms with Crippen molar-refractivity contribution in [3.8, 4) is 0 Å². The number of hydrogen-bond acceptors (Lipinski definition) is 4. The van der Waals surface area contributed by atoms with Gasteiger partial charge in [-0.25, -0.2) is 4.98 Å². The number of aromatic nitrogens is 3. The predicted molar refractivity (Wildman–Crippen MR) is 80.4 cm³/mol. The standard InChI is InChI=1S/C15H21N5O/c1-18(11-14-4-3-5-16-10-14)12-15(21)19(2)8-9-20-7-6-17-13-20/h3-7,10,13H,8-9,11-12H2,1-2H3. The molecule has 0 aliphatic heterocycles. The van der Waals surface area contributed by atoms with E-state index in [0.29, 0.717) is 13.1 Å². The third kappa shape index (κ3) is 5.00. The molecule has 0 radical (unpaired) electrons. The number of likely N-dealkylation sites (N-methyl/N-ethyl adjacent to an activating group) is 2. The maximum Gasteiger partial charge on any atom is 0.236 e. The lowest BCUT2D eigenvalue weighted by Crippen LogP contribution is -2.37. The number of carbonyl (C=O) groups is 1. The third-order valence-corrected chi connectivity index (χ3v) is 3.26. The fourth-order valence-corrected chi connectivity index (χ4v) is 2.02. The molecule has 6 heteroatoms. The molecule has 1 amide bonds. The van der Waals surface area contributed by atoms with Crippen molar-refractivity contribution in [1.29, 1.82) is 0 Å². The molecule has 0 atom stereocenters. The Balaban J connectivity index is 1.74. The number of hydrogen-bond donors (Lipinski definition) is 0. The molecular weight excluding hydrogens is 266 g/mol. The molecule has 112 valence electrons. The van der Waals surface area contributed by atoms with Gasteiger partial charge in [0.1, 0.15) is 0 Å². The van der Waals surface area contributed by atoms with Gasteiger partial charge >= 0.3 is 0 Å². The number of imidazole rings is 1. The zero-order valence-corrected chi connectivity index (χ0v) is 12.5. The second kappa shape index (κ2) is 7.54. The largest absolute Gasteiger partial charge is 0.343 e. The van der Waals surface area contributed by atoms with Gasteiger partial charge in [-0.2, -0.15) is 0 Å². The van der Waals surface area contributed by atoms with Gasteiger partial charge in [0, 0.05) is 51.5 Å². The molecule has 0 fully saturated rings. The van der Waals surface area contributed by atoms with Crippen LogP contribution < -0.4 is 0 Å². The first kappa shape index (κ1) is 15.2. The minimum atomic E-state index is 0.113. The van der Waals surface area contributed by atoms with Gasteiger partial charge in [-0.15, -0.1) is 0 Å². The Hall–Kier alpha value is -2.21. The van der Waals surface area contributed by atoms with E-state index in [1.807, 2.05) is 48.1 Å². The highest BCUT2D eigenvalue weighted by atomic mass is 16.2. The number of pyridine rings is 1. The summed E-state index contributed by atoms with van der Waals surface area (Å²) < 4.78 is 1.96. The summed E-state index contributed by atoms with van der Waals surface area (Å²) in [5.41, 5.74) is 1.11. The normalized spacial score (nSPS) is 10.8. The summed E-state index contributed by atoms with van der Waals surface area (Å²) in [4.78, 5) is 24.0. The maximum absolute atomic E-state index is 12.1. The Labute approximate surface area is 125 Å². The second-order valence-electron chi connectivity index (χ2n) is 5.15. The molecular formula is C15H21N5O. The molecule has 0 N–H and O–H groups in total. The molecule has 0 aliphatic carbocycles. The number of carbonyl (C=O) groups excluding carboxylic acids is 1. The average molecular weight is 287 g/mol. The lowest BCUT2D eigenvalue weighted by molar-refractivity contribution is -0.131. The van der Waals surface area contributed by atoms with Crippen LogP contribution in [0.15, 0.2) is 43.2 Å². The van der Waals surface area contributed by atoms with E-state index >= 15 is 0 Å². The lowest BCUT2D eigenvalue weighted by Gasteiger charge is -2.22. The zero-order chi connectivity index (χ0) is 15.1. The van der Waals surface area contributed by atoms with Crippen LogP contribution in [0.1, 0.15) is 5.56 Å². The lowest BCUT2D eigenvalue weighted by atomic mass is 10.2. The summed E-state index contributed by atoms with van der Waals surface area (Å²) in [7, 11) is 3.77. The van der Waals surface area contributed by atoms with Gasteiger partial charge in [0.15, 0.2) is 0 Å². The van der Waals surface area contributed by atoms with Crippen LogP contribution in [0.5, 0.6) is 0 Å². The Morgan fingerprint density at radius 3 is 2.81 bits per heavy atom. The summed E-state index contributed by atoms with van der Waals surface area (Å²) in [6.45, 7) is 2.55. The van der Waals surface area contributed by atoms with Crippen molar-refractivity contribution in [3.63, 3.8) is 0 Å². The minimum Gasteiger partial charge on any atom is -0.343 e. The smallest absolute Gasteiger partial charge is 0.236 e. The Bertz CT molecular complexity index is 540. The SMILES string of the molecule is CN(CC(=O)N(C)CCn1ccnc1)Cc1cccnc1. The summed E-state index contributed by atoms with van der Waals surface area (Å²) in [5.74, 6) is 0.113. The highest BCUT2D eigenvalue weighted by Gasteiger charge is 2.11. The minimum absolute atomic E-state index is 0.113. The molecule has 0 saturated carbocycles. The van der Waals surface area contributed by atoms with E-state index in [0.717, 1.165) is 18.7 Å². The van der Waals surface area contributed by atoms with Gasteiger partial charge < -0.3 is 9.47 Å². The molecule has 0 spiro atoms. The van der Waals surface area contributed by atoms with Crippen LogP contribution in [0.25, 0.3) is 0 Å². The molecule has 21 heavy (non-hydrogen) atoms. The van der Waals surface area contributed by atoms with E-state index in [1.54, 1.807) is 23.6 Å². The first-order chi connectivity index (χ1) is 10.1. The summed E-state index contributed by atoms with van der Waals surface area (Å²) in [6.07, 6.45) is 8.96. The fourth-order valence-electron chi connectivity index (χ4n) is 2.02. The van der Waals surface area contributed by atoms with Gasteiger partial charge in [0.05, 0.1) is 12.9 Å². The van der Waals surface area contributed by atoms with Crippen LogP contribution in [-0.4, -0.2) is 57.4 Å². The monoisotopic (exact) mass is 287 g/mol. The van der Waals surface area contributed by atoms with Gasteiger partial charge in [0.25, 0.3) is 0 Å². The van der Waals surface area contributed by atoms with Crippen LogP contribution in [0, 0.1) is 0 Å². The van der Waals surface area contributed by atoms with Crippen molar-refractivity contribution in [2.24, 2.45) is 0 Å². The van der Waals surface area contributed by atoms with Crippen LogP contribution in [0.3, 0.4) is 0 Å². The van der Waals surface area contributed by atoms with Crippen LogP contribution in [-0.2, 0) is 17.9 Å². The first-order valence-electron chi connectivity index (χ1n) is 6.92. The van der Waals surface area contributed by atoms with E-state index < -0.39 is 0 Å². The van der Waals surface area contributed by atoms with Crippen molar-refractivity contribution >= 4 is 5.91 Å². The Morgan fingerprint density at radius 2 is 2.14 bits per heavy atom. The molecule has 6 nitrogen and oxygen atoms in total. The van der Waals surface area contributed by atoms with Gasteiger partial charge in [-0.05, 0) is 18.7 Å². The van der Waals surface area contributed by atoms with Crippen molar-refractivity contribution < 1.29 is 4.79 Å². The number of rotatable bonds is 7. The molecule has 2 rings (SSSR count). The van der Waals surface area contributed by atoms with E-state index in [9.17, 15) is 4.79 Å². The van der Waals surface area contributed by atoms with Crippen molar-refractivity contribution in [3.05, 3.63) is 48.8 Å². The van der Waals surface area contributed by atoms with E-state index in [-0.39, 0.29) is 5.91 Å². The van der Waals surface area contributed by atoms with Gasteiger partial charge in [0.2, 0.25) is 5.91 Å². The van der Waals surface area contributed by atoms with E-state index in [1.165, 1.54) is 0 Å². The Kier molecular flexibility index (Phi) is 5.45. The summed E-state index contributed by atoms with van der Waals surface area (Å²) >= 11 is 0. The van der Waals surface area contributed by atoms with E-state index in [2.05, 4.69) is 9.97 Å². The summed E-state index contributed by atoms with van der Waals surface area (Å²) in [5, 5.41) is 0. The first-order valence-corrected chi connectivity index (χ1v) is 6.92. The number of nitrogens with zero attached hydrogens (tertiary/aromatic N) is 5. The fraction of sp³-hybridized carbons (Fsp3) is 0.400.